The number of anilines is 1. The van der Waals surface area contributed by atoms with Crippen molar-refractivity contribution in [2.75, 3.05) is 26.1 Å². The fraction of sp³-hybridized carbons (Fsp3) is 0.421. The minimum Gasteiger partial charge on any atom is -0.496 e. The van der Waals surface area contributed by atoms with Gasteiger partial charge in [-0.15, -0.1) is 0 Å². The molecule has 0 aliphatic carbocycles. The second kappa shape index (κ2) is 9.91. The molecule has 1 aromatic carbocycles. The summed E-state index contributed by atoms with van der Waals surface area (Å²) in [4.78, 5) is 31.0. The number of aliphatic hydroxyl groups excluding tert-OH is 3. The van der Waals surface area contributed by atoms with Crippen molar-refractivity contribution in [2.45, 2.75) is 31.1 Å². The third-order valence-corrected chi connectivity index (χ3v) is 5.81. The highest BCUT2D eigenvalue weighted by atomic mass is 31.2. The van der Waals surface area contributed by atoms with Crippen LogP contribution in [0.5, 0.6) is 17.2 Å². The van der Waals surface area contributed by atoms with Crippen molar-refractivity contribution < 1.29 is 48.4 Å². The van der Waals surface area contributed by atoms with Crippen LogP contribution in [-0.2, 0) is 15.8 Å². The van der Waals surface area contributed by atoms with E-state index in [0.717, 1.165) is 0 Å². The summed E-state index contributed by atoms with van der Waals surface area (Å²) in [5.41, 5.74) is 1.08. The standard InChI is InChI=1S/C19H24N5O10P/c1-31-10-4-11(32-2)12(34-35(28,29)30)3-9(10)5-20-17-14-18(22-7-21-17)24(8-23-14)19-16(27)15(26)13(6-25)33-19/h3-4,7-8,13,15-16,19,25-27H,5-6H2,1-2H3,(H,20,21,22)(H2,28,29,30)/t13-,15-,16-,19-/m1/s1. The van der Waals surface area contributed by atoms with Crippen LogP contribution in [0.15, 0.2) is 24.8 Å². The van der Waals surface area contributed by atoms with Crippen LogP contribution in [0.4, 0.5) is 5.82 Å². The number of nitrogens with zero attached hydrogens (tertiary/aromatic N) is 4. The largest absolute Gasteiger partial charge is 0.524 e. The van der Waals surface area contributed by atoms with E-state index in [0.29, 0.717) is 28.3 Å². The number of fused-ring (bicyclic) bond motifs is 1. The van der Waals surface area contributed by atoms with Gasteiger partial charge in [-0.3, -0.25) is 14.4 Å². The van der Waals surface area contributed by atoms with E-state index in [4.69, 9.17) is 18.7 Å². The van der Waals surface area contributed by atoms with E-state index < -0.39 is 39.0 Å². The van der Waals surface area contributed by atoms with Crippen LogP contribution in [0.25, 0.3) is 11.2 Å². The third kappa shape index (κ3) is 5.01. The van der Waals surface area contributed by atoms with Crippen LogP contribution in [0.3, 0.4) is 0 Å². The number of phosphoric acid groups is 1. The van der Waals surface area contributed by atoms with Crippen molar-refractivity contribution in [3.63, 3.8) is 0 Å². The molecular weight excluding hydrogens is 489 g/mol. The smallest absolute Gasteiger partial charge is 0.496 e. The average Bonchev–Trinajstić information content (AvgIpc) is 3.37. The molecule has 4 rings (SSSR count). The molecule has 1 saturated heterocycles. The summed E-state index contributed by atoms with van der Waals surface area (Å²) in [5, 5.41) is 32.8. The van der Waals surface area contributed by atoms with Crippen LogP contribution < -0.4 is 19.3 Å². The minimum absolute atomic E-state index is 0.0654. The van der Waals surface area contributed by atoms with Gasteiger partial charge >= 0.3 is 7.82 Å². The molecule has 190 valence electrons. The van der Waals surface area contributed by atoms with Crippen molar-refractivity contribution in [3.8, 4) is 17.2 Å². The summed E-state index contributed by atoms with van der Waals surface area (Å²) >= 11 is 0. The van der Waals surface area contributed by atoms with E-state index in [-0.39, 0.29) is 18.0 Å². The monoisotopic (exact) mass is 513 g/mol. The first-order chi connectivity index (χ1) is 16.7. The lowest BCUT2D eigenvalue weighted by Crippen LogP contribution is -2.33. The maximum Gasteiger partial charge on any atom is 0.524 e. The molecule has 6 N–H and O–H groups in total. The molecule has 4 atom stereocenters. The number of nitrogens with one attached hydrogen (secondary N) is 1. The van der Waals surface area contributed by atoms with Gasteiger partial charge in [0, 0.05) is 18.2 Å². The predicted molar refractivity (Wildman–Crippen MR) is 118 cm³/mol. The second-order valence-corrected chi connectivity index (χ2v) is 8.69. The van der Waals surface area contributed by atoms with Gasteiger partial charge in [0.15, 0.2) is 34.7 Å². The first-order valence-corrected chi connectivity index (χ1v) is 11.7. The summed E-state index contributed by atoms with van der Waals surface area (Å²) in [5.74, 6) is 0.543. The van der Waals surface area contributed by atoms with Gasteiger partial charge in [0.05, 0.1) is 27.2 Å². The molecule has 0 radical (unpaired) electrons. The molecule has 2 aromatic heterocycles. The fourth-order valence-electron chi connectivity index (χ4n) is 3.73. The van der Waals surface area contributed by atoms with Crippen LogP contribution in [0, 0.1) is 0 Å². The molecule has 0 bridgehead atoms. The molecule has 1 fully saturated rings. The number of aliphatic hydroxyl groups is 3. The van der Waals surface area contributed by atoms with Gasteiger partial charge in [-0.1, -0.05) is 0 Å². The molecule has 1 aliphatic rings. The molecule has 15 nitrogen and oxygen atoms in total. The predicted octanol–water partition coefficient (Wildman–Crippen LogP) is -0.461. The highest BCUT2D eigenvalue weighted by molar-refractivity contribution is 7.46. The average molecular weight is 513 g/mol. The summed E-state index contributed by atoms with van der Waals surface area (Å²) in [7, 11) is -2.10. The summed E-state index contributed by atoms with van der Waals surface area (Å²) in [6, 6.07) is 2.79. The quantitative estimate of drug-likeness (QED) is 0.200. The topological polar surface area (TPSA) is 211 Å². The molecule has 3 heterocycles. The van der Waals surface area contributed by atoms with Gasteiger partial charge in [0.2, 0.25) is 0 Å². The molecule has 0 spiro atoms. The normalized spacial score (nSPS) is 22.4. The van der Waals surface area contributed by atoms with Gasteiger partial charge < -0.3 is 39.4 Å². The van der Waals surface area contributed by atoms with E-state index in [1.54, 1.807) is 0 Å². The second-order valence-electron chi connectivity index (χ2n) is 7.53. The Labute approximate surface area is 198 Å². The molecule has 0 unspecified atom stereocenters. The maximum absolute atomic E-state index is 11.3. The van der Waals surface area contributed by atoms with Gasteiger partial charge in [0.1, 0.15) is 30.4 Å². The van der Waals surface area contributed by atoms with Gasteiger partial charge in [-0.2, -0.15) is 0 Å². The van der Waals surface area contributed by atoms with Gasteiger partial charge in [-0.05, 0) is 6.07 Å². The maximum atomic E-state index is 11.3. The van der Waals surface area contributed by atoms with Crippen LogP contribution in [0.2, 0.25) is 0 Å². The van der Waals surface area contributed by atoms with Gasteiger partial charge in [0.25, 0.3) is 0 Å². The number of rotatable bonds is 9. The highest BCUT2D eigenvalue weighted by Gasteiger charge is 2.44. The zero-order valence-corrected chi connectivity index (χ0v) is 19.4. The van der Waals surface area contributed by atoms with Crippen molar-refractivity contribution in [3.05, 3.63) is 30.4 Å². The number of hydrogen-bond donors (Lipinski definition) is 6. The van der Waals surface area contributed by atoms with Gasteiger partial charge in [-0.25, -0.2) is 19.5 Å². The fourth-order valence-corrected chi connectivity index (χ4v) is 4.13. The SMILES string of the molecule is COc1cc(OC)c(OP(=O)(O)O)cc1CNc1ncnc2c1ncn2[C@@H]1O[C@H](CO)[C@@H](O)[C@H]1O. The van der Waals surface area contributed by atoms with E-state index in [9.17, 15) is 29.7 Å². The van der Waals surface area contributed by atoms with E-state index >= 15 is 0 Å². The number of aromatic nitrogens is 4. The van der Waals surface area contributed by atoms with E-state index in [2.05, 4.69) is 20.3 Å². The Balaban J connectivity index is 1.62. The summed E-state index contributed by atoms with van der Waals surface area (Å²) in [6.45, 7) is -0.391. The van der Waals surface area contributed by atoms with Crippen molar-refractivity contribution >= 4 is 24.8 Å². The zero-order chi connectivity index (χ0) is 25.3. The summed E-state index contributed by atoms with van der Waals surface area (Å²) < 4.78 is 33.5. The highest BCUT2D eigenvalue weighted by Crippen LogP contribution is 2.44. The van der Waals surface area contributed by atoms with Crippen molar-refractivity contribution in [1.82, 2.24) is 19.5 Å². The Kier molecular flexibility index (Phi) is 7.10. The summed E-state index contributed by atoms with van der Waals surface area (Å²) in [6.07, 6.45) is -1.95. The lowest BCUT2D eigenvalue weighted by Gasteiger charge is -2.17. The number of ether oxygens (including phenoxy) is 3. The molecular formula is C19H24N5O10P. The first kappa shape index (κ1) is 25.1. The molecule has 1 aliphatic heterocycles. The van der Waals surface area contributed by atoms with Crippen molar-refractivity contribution in [1.29, 1.82) is 0 Å². The van der Waals surface area contributed by atoms with E-state index in [1.807, 2.05) is 0 Å². The number of benzene rings is 1. The van der Waals surface area contributed by atoms with Crippen LogP contribution in [-0.4, -0.2) is 83.8 Å². The minimum atomic E-state index is -4.85. The third-order valence-electron chi connectivity index (χ3n) is 5.38. The number of hydrogen-bond acceptors (Lipinski definition) is 12. The zero-order valence-electron chi connectivity index (χ0n) is 18.5. The Morgan fingerprint density at radius 3 is 2.46 bits per heavy atom. The molecule has 35 heavy (non-hydrogen) atoms. The molecule has 0 amide bonds. The Morgan fingerprint density at radius 1 is 1.09 bits per heavy atom. The first-order valence-electron chi connectivity index (χ1n) is 10.2. The Morgan fingerprint density at radius 2 is 1.83 bits per heavy atom. The number of imidazole rings is 1. The molecule has 3 aromatic rings. The molecule has 0 saturated carbocycles. The van der Waals surface area contributed by atoms with Crippen LogP contribution >= 0.6 is 7.82 Å². The van der Waals surface area contributed by atoms with Crippen LogP contribution in [0.1, 0.15) is 11.8 Å². The van der Waals surface area contributed by atoms with E-state index in [1.165, 1.54) is 43.6 Å². The lowest BCUT2D eigenvalue weighted by molar-refractivity contribution is -0.0511. The number of phosphoric ester groups is 1. The van der Waals surface area contributed by atoms with Crippen molar-refractivity contribution in [2.24, 2.45) is 0 Å². The lowest BCUT2D eigenvalue weighted by atomic mass is 10.1. The number of methoxy groups -OCH3 is 2. The Hall–Kier alpha value is -3.04. The molecule has 16 heteroatoms. The Bertz CT molecular complexity index is 1250.